The highest BCUT2D eigenvalue weighted by Crippen LogP contribution is 2.28. The molecule has 0 aliphatic heterocycles. The third-order valence-electron chi connectivity index (χ3n) is 3.32. The monoisotopic (exact) mass is 288 g/mol. The van der Waals surface area contributed by atoms with E-state index >= 15 is 0 Å². The fourth-order valence-electron chi connectivity index (χ4n) is 2.30. The van der Waals surface area contributed by atoms with Crippen molar-refractivity contribution in [2.45, 2.75) is 19.0 Å². The number of hydrogen-bond donors (Lipinski definition) is 3. The minimum Gasteiger partial charge on any atom is -0.506 e. The van der Waals surface area contributed by atoms with Crippen LogP contribution in [0.25, 0.3) is 10.9 Å². The van der Waals surface area contributed by atoms with Crippen molar-refractivity contribution in [3.05, 3.63) is 43.1 Å². The Morgan fingerprint density at radius 3 is 2.67 bits per heavy atom. The minimum absolute atomic E-state index is 0.0526. The van der Waals surface area contributed by atoms with Gasteiger partial charge in [0.15, 0.2) is 5.54 Å². The topological polar surface area (TPSA) is 91.6 Å². The predicted molar refractivity (Wildman–Crippen MR) is 78.0 cm³/mol. The fourth-order valence-corrected chi connectivity index (χ4v) is 2.30. The van der Waals surface area contributed by atoms with Gasteiger partial charge in [0.05, 0.1) is 12.1 Å². The van der Waals surface area contributed by atoms with Crippen LogP contribution in [0, 0.1) is 0 Å². The first-order valence-corrected chi connectivity index (χ1v) is 6.32. The van der Waals surface area contributed by atoms with Crippen LogP contribution in [0.3, 0.4) is 0 Å². The number of benzene rings is 1. The average Bonchev–Trinajstić information content (AvgIpc) is 2.74. The summed E-state index contributed by atoms with van der Waals surface area (Å²) in [6.45, 7) is 4.68. The second-order valence-electron chi connectivity index (χ2n) is 4.82. The SMILES string of the molecule is C=CC(Cn1cc(O)c2ccccc21)(NC(C)=O)C(=O)O. The largest absolute Gasteiger partial charge is 0.506 e. The molecule has 1 amide bonds. The molecule has 0 bridgehead atoms. The van der Waals surface area contributed by atoms with E-state index in [1.807, 2.05) is 0 Å². The Kier molecular flexibility index (Phi) is 3.71. The molecule has 1 unspecified atom stereocenters. The molecule has 1 aromatic heterocycles. The number of aliphatic carboxylic acids is 1. The van der Waals surface area contributed by atoms with Gasteiger partial charge in [0, 0.05) is 18.5 Å². The number of amides is 1. The molecule has 1 heterocycles. The van der Waals surface area contributed by atoms with Crippen molar-refractivity contribution in [2.75, 3.05) is 0 Å². The number of carboxylic acids is 1. The molecule has 0 aliphatic carbocycles. The zero-order valence-corrected chi connectivity index (χ0v) is 11.5. The van der Waals surface area contributed by atoms with Crippen molar-refractivity contribution in [1.29, 1.82) is 0 Å². The molecule has 0 aliphatic rings. The van der Waals surface area contributed by atoms with Crippen molar-refractivity contribution in [3.8, 4) is 5.75 Å². The summed E-state index contributed by atoms with van der Waals surface area (Å²) in [4.78, 5) is 22.9. The first kappa shape index (κ1) is 14.6. The van der Waals surface area contributed by atoms with E-state index < -0.39 is 17.4 Å². The van der Waals surface area contributed by atoms with Crippen LogP contribution in [0.1, 0.15) is 6.92 Å². The molecular weight excluding hydrogens is 272 g/mol. The molecule has 2 aromatic rings. The number of rotatable bonds is 5. The van der Waals surface area contributed by atoms with E-state index in [0.717, 1.165) is 0 Å². The summed E-state index contributed by atoms with van der Waals surface area (Å²) in [6.07, 6.45) is 2.62. The van der Waals surface area contributed by atoms with Crippen molar-refractivity contribution >= 4 is 22.8 Å². The summed E-state index contributed by atoms with van der Waals surface area (Å²) in [6, 6.07) is 7.06. The van der Waals surface area contributed by atoms with Gasteiger partial charge in [-0.3, -0.25) is 4.79 Å². The lowest BCUT2D eigenvalue weighted by atomic mass is 9.99. The van der Waals surface area contributed by atoms with Crippen LogP contribution in [0.5, 0.6) is 5.75 Å². The highest BCUT2D eigenvalue weighted by molar-refractivity contribution is 5.89. The van der Waals surface area contributed by atoms with Gasteiger partial charge in [-0.2, -0.15) is 0 Å². The Morgan fingerprint density at radius 2 is 2.10 bits per heavy atom. The highest BCUT2D eigenvalue weighted by atomic mass is 16.4. The molecule has 21 heavy (non-hydrogen) atoms. The Bertz CT molecular complexity index is 720. The van der Waals surface area contributed by atoms with Gasteiger partial charge in [0.25, 0.3) is 0 Å². The van der Waals surface area contributed by atoms with E-state index in [1.165, 1.54) is 19.2 Å². The second kappa shape index (κ2) is 5.32. The standard InChI is InChI=1S/C15H16N2O4/c1-3-15(14(20)21,16-10(2)18)9-17-8-13(19)11-6-4-5-7-12(11)17/h3-8,19H,1,9H2,2H3,(H,16,18)(H,20,21). The van der Waals surface area contributed by atoms with Crippen LogP contribution in [-0.2, 0) is 16.1 Å². The van der Waals surface area contributed by atoms with Gasteiger partial charge >= 0.3 is 5.97 Å². The van der Waals surface area contributed by atoms with Crippen molar-refractivity contribution in [2.24, 2.45) is 0 Å². The Morgan fingerprint density at radius 1 is 1.43 bits per heavy atom. The van der Waals surface area contributed by atoms with Crippen LogP contribution in [0.2, 0.25) is 0 Å². The molecule has 1 aromatic carbocycles. The van der Waals surface area contributed by atoms with E-state index in [1.54, 1.807) is 28.8 Å². The lowest BCUT2D eigenvalue weighted by Crippen LogP contribution is -2.55. The minimum atomic E-state index is -1.64. The molecule has 110 valence electrons. The molecule has 0 saturated heterocycles. The van der Waals surface area contributed by atoms with E-state index in [4.69, 9.17) is 0 Å². The molecular formula is C15H16N2O4. The van der Waals surface area contributed by atoms with Gasteiger partial charge in [-0.15, -0.1) is 6.58 Å². The number of nitrogens with zero attached hydrogens (tertiary/aromatic N) is 1. The molecule has 0 saturated carbocycles. The maximum absolute atomic E-state index is 11.6. The third kappa shape index (κ3) is 2.60. The van der Waals surface area contributed by atoms with Gasteiger partial charge in [-0.05, 0) is 12.1 Å². The summed E-state index contributed by atoms with van der Waals surface area (Å²) in [5.41, 5.74) is -0.965. The highest BCUT2D eigenvalue weighted by Gasteiger charge is 2.37. The number of fused-ring (bicyclic) bond motifs is 1. The first-order valence-electron chi connectivity index (χ1n) is 6.32. The number of para-hydroxylation sites is 1. The molecule has 0 radical (unpaired) electrons. The Hall–Kier alpha value is -2.76. The number of carboxylic acid groups (broad SMARTS) is 1. The average molecular weight is 288 g/mol. The predicted octanol–water partition coefficient (Wildman–Crippen LogP) is 1.49. The number of aromatic nitrogens is 1. The van der Waals surface area contributed by atoms with Crippen LogP contribution in [-0.4, -0.2) is 32.2 Å². The van der Waals surface area contributed by atoms with Crippen LogP contribution in [0.15, 0.2) is 43.1 Å². The zero-order chi connectivity index (χ0) is 15.6. The molecule has 6 nitrogen and oxygen atoms in total. The zero-order valence-electron chi connectivity index (χ0n) is 11.5. The number of aromatic hydroxyl groups is 1. The molecule has 3 N–H and O–H groups in total. The van der Waals surface area contributed by atoms with E-state index in [0.29, 0.717) is 10.9 Å². The maximum atomic E-state index is 11.6. The van der Waals surface area contributed by atoms with Gasteiger partial charge in [0.2, 0.25) is 5.91 Å². The number of hydrogen-bond acceptors (Lipinski definition) is 3. The summed E-state index contributed by atoms with van der Waals surface area (Å²) in [5.74, 6) is -1.64. The Balaban J connectivity index is 2.51. The van der Waals surface area contributed by atoms with E-state index in [-0.39, 0.29) is 12.3 Å². The lowest BCUT2D eigenvalue weighted by molar-refractivity contribution is -0.145. The lowest BCUT2D eigenvalue weighted by Gasteiger charge is -2.27. The summed E-state index contributed by atoms with van der Waals surface area (Å²) in [5, 5.41) is 22.4. The summed E-state index contributed by atoms with van der Waals surface area (Å²) < 4.78 is 1.58. The normalized spacial score (nSPS) is 13.6. The van der Waals surface area contributed by atoms with Crippen LogP contribution < -0.4 is 5.32 Å². The van der Waals surface area contributed by atoms with Crippen molar-refractivity contribution in [1.82, 2.24) is 9.88 Å². The molecule has 0 fully saturated rings. The van der Waals surface area contributed by atoms with Crippen molar-refractivity contribution in [3.63, 3.8) is 0 Å². The number of carbonyl (C=O) groups excluding carboxylic acids is 1. The van der Waals surface area contributed by atoms with E-state index in [9.17, 15) is 19.8 Å². The second-order valence-corrected chi connectivity index (χ2v) is 4.82. The molecule has 2 rings (SSSR count). The summed E-state index contributed by atoms with van der Waals surface area (Å²) in [7, 11) is 0. The maximum Gasteiger partial charge on any atom is 0.335 e. The third-order valence-corrected chi connectivity index (χ3v) is 3.32. The van der Waals surface area contributed by atoms with Crippen molar-refractivity contribution < 1.29 is 19.8 Å². The molecule has 0 spiro atoms. The van der Waals surface area contributed by atoms with Crippen LogP contribution >= 0.6 is 0 Å². The van der Waals surface area contributed by atoms with Crippen LogP contribution in [0.4, 0.5) is 0 Å². The summed E-state index contributed by atoms with van der Waals surface area (Å²) >= 11 is 0. The van der Waals surface area contributed by atoms with Gasteiger partial charge in [-0.25, -0.2) is 4.79 Å². The molecule has 6 heteroatoms. The Labute approximate surface area is 121 Å². The number of carbonyl (C=O) groups is 2. The van der Waals surface area contributed by atoms with Gasteiger partial charge in [-0.1, -0.05) is 18.2 Å². The fraction of sp³-hybridized carbons (Fsp3) is 0.200. The molecule has 1 atom stereocenters. The van der Waals surface area contributed by atoms with Gasteiger partial charge in [0.1, 0.15) is 5.75 Å². The number of nitrogens with one attached hydrogen (secondary N) is 1. The van der Waals surface area contributed by atoms with E-state index in [2.05, 4.69) is 11.9 Å². The smallest absolute Gasteiger partial charge is 0.335 e. The first-order chi connectivity index (χ1) is 9.89. The van der Waals surface area contributed by atoms with Gasteiger partial charge < -0.3 is 20.1 Å². The quantitative estimate of drug-likeness (QED) is 0.727.